The van der Waals surface area contributed by atoms with E-state index in [-0.39, 0.29) is 41.9 Å². The summed E-state index contributed by atoms with van der Waals surface area (Å²) >= 11 is 20.3. The quantitative estimate of drug-likeness (QED) is 0.283. The van der Waals surface area contributed by atoms with E-state index in [0.717, 1.165) is 17.3 Å². The molecule has 1 N–H and O–H groups in total. The van der Waals surface area contributed by atoms with E-state index in [4.69, 9.17) is 32.7 Å². The van der Waals surface area contributed by atoms with E-state index in [9.17, 15) is 14.7 Å². The van der Waals surface area contributed by atoms with Crippen LogP contribution in [-0.4, -0.2) is 28.6 Å². The van der Waals surface area contributed by atoms with Gasteiger partial charge in [-0.1, -0.05) is 48.0 Å². The van der Waals surface area contributed by atoms with Gasteiger partial charge in [-0.2, -0.15) is 0 Å². The van der Waals surface area contributed by atoms with Gasteiger partial charge in [-0.25, -0.2) is 9.79 Å². The molecule has 2 aromatic rings. The van der Waals surface area contributed by atoms with Crippen LogP contribution in [-0.2, 0) is 20.9 Å². The highest BCUT2D eigenvalue weighted by Gasteiger charge is 2.33. The van der Waals surface area contributed by atoms with Crippen molar-refractivity contribution in [2.24, 2.45) is 4.99 Å². The van der Waals surface area contributed by atoms with Gasteiger partial charge >= 0.3 is 5.97 Å². The minimum Gasteiger partial charge on any atom is -0.506 e. The molecule has 0 unspecified atom stereocenters. The van der Waals surface area contributed by atoms with E-state index in [2.05, 4.69) is 36.9 Å². The van der Waals surface area contributed by atoms with Gasteiger partial charge in [0.05, 0.1) is 20.5 Å². The van der Waals surface area contributed by atoms with Crippen LogP contribution in [0.1, 0.15) is 37.8 Å². The molecule has 0 bridgehead atoms. The van der Waals surface area contributed by atoms with Gasteiger partial charge in [-0.05, 0) is 81.1 Å². The number of ether oxygens (including phenoxy) is 2. The Hall–Kier alpha value is -1.78. The molecule has 1 amide bonds. The summed E-state index contributed by atoms with van der Waals surface area (Å²) in [5.74, 6) is -0.836. The Morgan fingerprint density at radius 2 is 1.83 bits per heavy atom. The fourth-order valence-corrected chi connectivity index (χ4v) is 6.06. The number of hydrogen-bond acceptors (Lipinski definition) is 6. The van der Waals surface area contributed by atoms with E-state index in [0.29, 0.717) is 41.6 Å². The number of esters is 1. The van der Waals surface area contributed by atoms with Crippen molar-refractivity contribution >= 4 is 89.8 Å². The van der Waals surface area contributed by atoms with E-state index in [1.165, 1.54) is 0 Å². The van der Waals surface area contributed by atoms with Crippen LogP contribution < -0.4 is 4.74 Å². The first-order chi connectivity index (χ1) is 17.1. The summed E-state index contributed by atoms with van der Waals surface area (Å²) in [7, 11) is 0. The minimum atomic E-state index is -0.735. The van der Waals surface area contributed by atoms with Crippen molar-refractivity contribution < 1.29 is 24.2 Å². The average molecular weight is 678 g/mol. The van der Waals surface area contributed by atoms with Crippen LogP contribution in [0.5, 0.6) is 5.75 Å². The topological polar surface area (TPSA) is 85.2 Å². The number of benzene rings is 2. The molecule has 0 fully saturated rings. The maximum Gasteiger partial charge on any atom is 0.344 e. The number of thioether (sulfide) groups is 1. The highest BCUT2D eigenvalue weighted by Crippen LogP contribution is 2.41. The Bertz CT molecular complexity index is 1270. The SMILES string of the molecule is CCCC(=O)N=C1S/C(=C\c2cc(Br)c(OCc3ccc(Cl)cc3Cl)c(Br)c2)C(O)=C1C(=O)OCC. The highest BCUT2D eigenvalue weighted by atomic mass is 79.9. The minimum absolute atomic E-state index is 0.115. The normalized spacial score (nSPS) is 15.6. The zero-order valence-corrected chi connectivity index (χ0v) is 24.7. The standard InChI is InChI=1S/C25H21Br2Cl2NO5S/c1-3-5-20(31)30-24-21(25(33)34-4-2)22(32)19(36-24)10-13-8-16(26)23(17(27)9-13)35-12-14-6-7-15(28)11-18(14)29/h6-11,32H,3-5,12H2,1-2H3/b19-10-,30-24?. The number of rotatable bonds is 8. The molecule has 0 saturated carbocycles. The largest absolute Gasteiger partial charge is 0.506 e. The lowest BCUT2D eigenvalue weighted by Gasteiger charge is -2.12. The van der Waals surface area contributed by atoms with Gasteiger partial charge in [-0.15, -0.1) is 0 Å². The van der Waals surface area contributed by atoms with Crippen molar-refractivity contribution in [1.82, 2.24) is 0 Å². The lowest BCUT2D eigenvalue weighted by molar-refractivity contribution is -0.138. The third kappa shape index (κ3) is 7.16. The number of aliphatic imine (C=N–C) groups is 1. The molecule has 3 rings (SSSR count). The molecule has 1 heterocycles. The van der Waals surface area contributed by atoms with Gasteiger partial charge in [0.25, 0.3) is 0 Å². The first-order valence-corrected chi connectivity index (χ1v) is 14.0. The zero-order valence-electron chi connectivity index (χ0n) is 19.2. The second-order valence-corrected chi connectivity index (χ2v) is 11.0. The van der Waals surface area contributed by atoms with E-state index in [1.54, 1.807) is 43.3 Å². The molecule has 36 heavy (non-hydrogen) atoms. The van der Waals surface area contributed by atoms with Crippen molar-refractivity contribution in [3.05, 3.63) is 76.7 Å². The molecule has 0 aromatic heterocycles. The van der Waals surface area contributed by atoms with Crippen LogP contribution >= 0.6 is 66.8 Å². The summed E-state index contributed by atoms with van der Waals surface area (Å²) in [5.41, 5.74) is 1.36. The van der Waals surface area contributed by atoms with Crippen LogP contribution in [0.4, 0.5) is 0 Å². The van der Waals surface area contributed by atoms with Gasteiger partial charge in [0.15, 0.2) is 0 Å². The Morgan fingerprint density at radius 1 is 1.14 bits per heavy atom. The van der Waals surface area contributed by atoms with E-state index >= 15 is 0 Å². The fourth-order valence-electron chi connectivity index (χ4n) is 3.12. The number of amides is 1. The third-order valence-electron chi connectivity index (χ3n) is 4.77. The van der Waals surface area contributed by atoms with Crippen molar-refractivity contribution in [2.75, 3.05) is 6.61 Å². The average Bonchev–Trinajstić information content (AvgIpc) is 3.09. The summed E-state index contributed by atoms with van der Waals surface area (Å²) in [6.45, 7) is 3.87. The second kappa shape index (κ2) is 13.1. The number of halogens is 4. The van der Waals surface area contributed by atoms with Gasteiger partial charge in [-0.3, -0.25) is 4.79 Å². The molecular formula is C25H21Br2Cl2NO5S. The van der Waals surface area contributed by atoms with Crippen LogP contribution in [0.2, 0.25) is 10.0 Å². The Morgan fingerprint density at radius 3 is 2.44 bits per heavy atom. The van der Waals surface area contributed by atoms with E-state index < -0.39 is 5.97 Å². The zero-order chi connectivity index (χ0) is 26.4. The number of carbonyl (C=O) groups excluding carboxylic acids is 2. The first kappa shape index (κ1) is 28.8. The molecule has 1 aliphatic rings. The predicted molar refractivity (Wildman–Crippen MR) is 152 cm³/mol. The summed E-state index contributed by atoms with van der Waals surface area (Å²) in [4.78, 5) is 29.0. The first-order valence-electron chi connectivity index (χ1n) is 10.8. The van der Waals surface area contributed by atoms with Gasteiger partial charge in [0.2, 0.25) is 5.91 Å². The summed E-state index contributed by atoms with van der Waals surface area (Å²) in [6, 6.07) is 8.78. The van der Waals surface area contributed by atoms with Crippen LogP contribution in [0, 0.1) is 0 Å². The predicted octanol–water partition coefficient (Wildman–Crippen LogP) is 8.29. The Labute approximate surface area is 240 Å². The highest BCUT2D eigenvalue weighted by molar-refractivity contribution is 9.11. The molecule has 2 aromatic carbocycles. The molecule has 0 atom stereocenters. The molecule has 0 spiro atoms. The molecule has 0 radical (unpaired) electrons. The fraction of sp³-hybridized carbons (Fsp3) is 0.240. The molecule has 0 saturated heterocycles. The van der Waals surface area contributed by atoms with Crippen LogP contribution in [0.25, 0.3) is 6.08 Å². The number of aliphatic hydroxyl groups excluding tert-OH is 1. The smallest absolute Gasteiger partial charge is 0.344 e. The van der Waals surface area contributed by atoms with E-state index in [1.807, 2.05) is 6.92 Å². The van der Waals surface area contributed by atoms with Gasteiger partial charge in [0.1, 0.15) is 28.7 Å². The molecule has 190 valence electrons. The Kier molecular flexibility index (Phi) is 10.5. The van der Waals surface area contributed by atoms with Crippen molar-refractivity contribution in [3.63, 3.8) is 0 Å². The van der Waals surface area contributed by atoms with Crippen molar-refractivity contribution in [2.45, 2.75) is 33.3 Å². The number of nitrogens with zero attached hydrogens (tertiary/aromatic N) is 1. The summed E-state index contributed by atoms with van der Waals surface area (Å²) < 4.78 is 12.3. The number of hydrogen-bond donors (Lipinski definition) is 1. The summed E-state index contributed by atoms with van der Waals surface area (Å²) in [5, 5.41) is 12.0. The molecule has 6 nitrogen and oxygen atoms in total. The van der Waals surface area contributed by atoms with Crippen molar-refractivity contribution in [3.8, 4) is 5.75 Å². The van der Waals surface area contributed by atoms with Crippen molar-refractivity contribution in [1.29, 1.82) is 0 Å². The molecule has 1 aliphatic heterocycles. The maximum atomic E-state index is 12.5. The third-order valence-corrected chi connectivity index (χ3v) is 7.55. The molecular weight excluding hydrogens is 657 g/mol. The number of carbonyl (C=O) groups is 2. The molecule has 0 aliphatic carbocycles. The Balaban J connectivity index is 1.89. The molecule has 11 heteroatoms. The number of aliphatic hydroxyl groups is 1. The summed E-state index contributed by atoms with van der Waals surface area (Å²) in [6.07, 6.45) is 2.54. The lowest BCUT2D eigenvalue weighted by Crippen LogP contribution is -2.14. The lowest BCUT2D eigenvalue weighted by atomic mass is 10.1. The maximum absolute atomic E-state index is 12.5. The van der Waals surface area contributed by atoms with Gasteiger partial charge < -0.3 is 14.6 Å². The van der Waals surface area contributed by atoms with Crippen LogP contribution in [0.3, 0.4) is 0 Å². The van der Waals surface area contributed by atoms with Crippen LogP contribution in [0.15, 0.2) is 60.5 Å². The monoisotopic (exact) mass is 675 g/mol. The van der Waals surface area contributed by atoms with Gasteiger partial charge in [0, 0.05) is 22.0 Å². The second-order valence-electron chi connectivity index (χ2n) is 7.45.